The number of nitrogens with zero attached hydrogens (tertiary/aromatic N) is 2. The van der Waals surface area contributed by atoms with Crippen molar-refractivity contribution in [2.45, 2.75) is 25.2 Å². The fourth-order valence-electron chi connectivity index (χ4n) is 3.61. The Labute approximate surface area is 163 Å². The monoisotopic (exact) mass is 408 g/mol. The summed E-state index contributed by atoms with van der Waals surface area (Å²) in [6.07, 6.45) is -4.65. The van der Waals surface area contributed by atoms with Crippen LogP contribution in [0.15, 0.2) is 42.5 Å². The van der Waals surface area contributed by atoms with Gasteiger partial charge in [0.05, 0.1) is 17.3 Å². The van der Waals surface area contributed by atoms with Gasteiger partial charge in [0, 0.05) is 18.7 Å². The summed E-state index contributed by atoms with van der Waals surface area (Å²) >= 11 is 0. The normalized spacial score (nSPS) is 19.2. The van der Waals surface area contributed by atoms with Crippen LogP contribution in [-0.2, 0) is 17.5 Å². The van der Waals surface area contributed by atoms with Crippen LogP contribution in [0.3, 0.4) is 0 Å². The van der Waals surface area contributed by atoms with Crippen molar-refractivity contribution in [1.29, 1.82) is 0 Å². The van der Waals surface area contributed by atoms with Crippen molar-refractivity contribution in [2.24, 2.45) is 0 Å². The molecule has 1 atom stereocenters. The molecule has 0 spiro atoms. The lowest BCUT2D eigenvalue weighted by molar-refractivity contribution is -0.137. The molecule has 1 unspecified atom stereocenters. The van der Waals surface area contributed by atoms with Crippen LogP contribution >= 0.6 is 0 Å². The summed E-state index contributed by atoms with van der Waals surface area (Å²) in [5.41, 5.74) is 0.176. The van der Waals surface area contributed by atoms with Crippen LogP contribution < -0.4 is 4.90 Å². The number of anilines is 1. The van der Waals surface area contributed by atoms with Gasteiger partial charge in [-0.2, -0.15) is 13.2 Å². The van der Waals surface area contributed by atoms with E-state index >= 15 is 0 Å². The summed E-state index contributed by atoms with van der Waals surface area (Å²) in [5.74, 6) is -0.962. The lowest BCUT2D eigenvalue weighted by Crippen LogP contribution is -2.42. The standard InChI is InChI=1S/C20H16F4N2O3/c21-15-6-3-13-10-25(8-7-16-11-29-19(28)26(16)17(13)9-15)18(27)12-1-4-14(5-2-12)20(22,23)24/h1-6,9,16H,7-8,10-11H2. The predicted molar refractivity (Wildman–Crippen MR) is 94.8 cm³/mol. The highest BCUT2D eigenvalue weighted by atomic mass is 19.4. The molecular formula is C20H16F4N2O3. The van der Waals surface area contributed by atoms with E-state index in [9.17, 15) is 27.2 Å². The topological polar surface area (TPSA) is 49.9 Å². The maximum absolute atomic E-state index is 13.8. The van der Waals surface area contributed by atoms with E-state index in [2.05, 4.69) is 0 Å². The first kappa shape index (κ1) is 19.2. The Balaban J connectivity index is 1.65. The van der Waals surface area contributed by atoms with Gasteiger partial charge < -0.3 is 9.64 Å². The van der Waals surface area contributed by atoms with Crippen LogP contribution in [0.1, 0.15) is 27.9 Å². The minimum absolute atomic E-state index is 0.0893. The van der Waals surface area contributed by atoms with Crippen molar-refractivity contribution >= 4 is 17.7 Å². The molecule has 0 N–H and O–H groups in total. The number of alkyl halides is 3. The average Bonchev–Trinajstić information content (AvgIpc) is 3.03. The Hall–Kier alpha value is -3.10. The van der Waals surface area contributed by atoms with E-state index in [0.717, 1.165) is 24.3 Å². The Bertz CT molecular complexity index is 959. The first-order chi connectivity index (χ1) is 13.7. The molecule has 2 heterocycles. The minimum atomic E-state index is -4.48. The highest BCUT2D eigenvalue weighted by molar-refractivity contribution is 5.95. The highest BCUT2D eigenvalue weighted by Crippen LogP contribution is 2.33. The van der Waals surface area contributed by atoms with Gasteiger partial charge in [-0.15, -0.1) is 0 Å². The molecule has 2 amide bonds. The number of benzene rings is 2. The molecule has 4 rings (SSSR count). The van der Waals surface area contributed by atoms with Crippen molar-refractivity contribution in [3.8, 4) is 0 Å². The SMILES string of the molecule is O=C(c1ccc(C(F)(F)F)cc1)N1CCC2COC(=O)N2c2cc(F)ccc2C1. The van der Waals surface area contributed by atoms with Crippen molar-refractivity contribution in [3.63, 3.8) is 0 Å². The Kier molecular flexibility index (Phi) is 4.68. The van der Waals surface area contributed by atoms with Gasteiger partial charge in [0.2, 0.25) is 0 Å². The Morgan fingerprint density at radius 3 is 2.52 bits per heavy atom. The van der Waals surface area contributed by atoms with E-state index in [0.29, 0.717) is 17.7 Å². The van der Waals surface area contributed by atoms with Gasteiger partial charge in [-0.3, -0.25) is 9.69 Å². The summed E-state index contributed by atoms with van der Waals surface area (Å²) in [4.78, 5) is 27.9. The predicted octanol–water partition coefficient (Wildman–Crippen LogP) is 4.22. The smallest absolute Gasteiger partial charge is 0.416 e. The number of amides is 2. The maximum Gasteiger partial charge on any atom is 0.416 e. The lowest BCUT2D eigenvalue weighted by Gasteiger charge is -2.32. The molecule has 0 aromatic heterocycles. The second-order valence-electron chi connectivity index (χ2n) is 6.96. The zero-order valence-electron chi connectivity index (χ0n) is 15.1. The molecule has 0 saturated carbocycles. The molecule has 0 aliphatic carbocycles. The number of hydrogen-bond acceptors (Lipinski definition) is 3. The fraction of sp³-hybridized carbons (Fsp3) is 0.300. The van der Waals surface area contributed by atoms with Gasteiger partial charge in [-0.1, -0.05) is 6.07 Å². The molecule has 2 aliphatic rings. The molecule has 0 radical (unpaired) electrons. The van der Waals surface area contributed by atoms with Gasteiger partial charge in [0.1, 0.15) is 12.4 Å². The third kappa shape index (κ3) is 3.64. The second-order valence-corrected chi connectivity index (χ2v) is 6.96. The average molecular weight is 408 g/mol. The molecule has 5 nitrogen and oxygen atoms in total. The summed E-state index contributed by atoms with van der Waals surface area (Å²) in [6.45, 7) is 0.484. The minimum Gasteiger partial charge on any atom is -0.447 e. The summed E-state index contributed by atoms with van der Waals surface area (Å²) in [5, 5.41) is 0. The first-order valence-corrected chi connectivity index (χ1v) is 8.95. The van der Waals surface area contributed by atoms with Gasteiger partial charge in [-0.25, -0.2) is 9.18 Å². The molecule has 2 aliphatic heterocycles. The van der Waals surface area contributed by atoms with Gasteiger partial charge >= 0.3 is 12.3 Å². The van der Waals surface area contributed by atoms with Crippen molar-refractivity contribution in [1.82, 2.24) is 4.90 Å². The van der Waals surface area contributed by atoms with Crippen molar-refractivity contribution in [3.05, 3.63) is 65.0 Å². The summed E-state index contributed by atoms with van der Waals surface area (Å²) in [6, 6.07) is 7.61. The summed E-state index contributed by atoms with van der Waals surface area (Å²) < 4.78 is 57.2. The molecule has 2 aromatic carbocycles. The number of halogens is 4. The van der Waals surface area contributed by atoms with E-state index in [-0.39, 0.29) is 31.3 Å². The molecule has 1 saturated heterocycles. The number of ether oxygens (including phenoxy) is 1. The third-order valence-corrected chi connectivity index (χ3v) is 5.11. The Morgan fingerprint density at radius 1 is 1.10 bits per heavy atom. The van der Waals surface area contributed by atoms with Crippen LogP contribution in [0, 0.1) is 5.82 Å². The third-order valence-electron chi connectivity index (χ3n) is 5.11. The van der Waals surface area contributed by atoms with Crippen LogP contribution in [-0.4, -0.2) is 36.1 Å². The largest absolute Gasteiger partial charge is 0.447 e. The fourth-order valence-corrected chi connectivity index (χ4v) is 3.61. The van der Waals surface area contributed by atoms with E-state index in [1.54, 1.807) is 0 Å². The van der Waals surface area contributed by atoms with Crippen LogP contribution in [0.25, 0.3) is 0 Å². The van der Waals surface area contributed by atoms with Crippen LogP contribution in [0.5, 0.6) is 0 Å². The molecule has 0 bridgehead atoms. The van der Waals surface area contributed by atoms with Crippen molar-refractivity contribution < 1.29 is 31.9 Å². The number of fused-ring (bicyclic) bond motifs is 3. The Morgan fingerprint density at radius 2 is 1.83 bits per heavy atom. The van der Waals surface area contributed by atoms with Gasteiger partial charge in [0.25, 0.3) is 5.91 Å². The van der Waals surface area contributed by atoms with E-state index < -0.39 is 29.6 Å². The number of hydrogen-bond donors (Lipinski definition) is 0. The molecule has 152 valence electrons. The highest BCUT2D eigenvalue weighted by Gasteiger charge is 2.38. The molecule has 1 fully saturated rings. The van der Waals surface area contributed by atoms with Crippen LogP contribution in [0.2, 0.25) is 0 Å². The number of rotatable bonds is 1. The second kappa shape index (κ2) is 7.06. The number of cyclic esters (lactones) is 1. The molecule has 9 heteroatoms. The molecule has 2 aromatic rings. The first-order valence-electron chi connectivity index (χ1n) is 8.95. The van der Waals surface area contributed by atoms with Crippen LogP contribution in [0.4, 0.5) is 28.0 Å². The molecular weight excluding hydrogens is 392 g/mol. The van der Waals surface area contributed by atoms with Gasteiger partial charge in [0.15, 0.2) is 0 Å². The zero-order chi connectivity index (χ0) is 20.8. The quantitative estimate of drug-likeness (QED) is 0.664. The zero-order valence-corrected chi connectivity index (χ0v) is 15.1. The van der Waals surface area contributed by atoms with E-state index in [1.165, 1.54) is 28.0 Å². The summed E-state index contributed by atoms with van der Waals surface area (Å²) in [7, 11) is 0. The van der Waals surface area contributed by atoms with E-state index in [4.69, 9.17) is 4.74 Å². The number of carbonyl (C=O) groups is 2. The number of carbonyl (C=O) groups excluding carboxylic acids is 2. The van der Waals surface area contributed by atoms with Gasteiger partial charge in [-0.05, 0) is 48.4 Å². The lowest BCUT2D eigenvalue weighted by atomic mass is 10.0. The van der Waals surface area contributed by atoms with Crippen molar-refractivity contribution in [2.75, 3.05) is 18.1 Å². The maximum atomic E-state index is 13.8. The molecule has 29 heavy (non-hydrogen) atoms. The van der Waals surface area contributed by atoms with E-state index in [1.807, 2.05) is 0 Å².